The van der Waals surface area contributed by atoms with E-state index in [1.54, 1.807) is 0 Å². The number of amides is 1. The number of hydrogen-bond acceptors (Lipinski definition) is 12. The molecule has 8 heterocycles. The van der Waals surface area contributed by atoms with Crippen molar-refractivity contribution in [3.05, 3.63) is 46.8 Å². The molecule has 1 amide bonds. The van der Waals surface area contributed by atoms with Crippen LogP contribution in [0.15, 0.2) is 29.6 Å². The highest BCUT2D eigenvalue weighted by molar-refractivity contribution is 7.22. The molecule has 2 N–H and O–H groups in total. The largest absolute Gasteiger partial charge is 0.461 e. The lowest BCUT2D eigenvalue weighted by Gasteiger charge is -2.48. The van der Waals surface area contributed by atoms with Crippen molar-refractivity contribution in [1.29, 1.82) is 0 Å². The minimum Gasteiger partial charge on any atom is -0.461 e. The van der Waals surface area contributed by atoms with Crippen molar-refractivity contribution in [3.63, 3.8) is 0 Å². The summed E-state index contributed by atoms with van der Waals surface area (Å²) in [6.45, 7) is 4.98. The minimum absolute atomic E-state index is 0.00532. The van der Waals surface area contributed by atoms with E-state index in [1.807, 2.05) is 9.80 Å². The van der Waals surface area contributed by atoms with Crippen LogP contribution in [0, 0.1) is 23.5 Å². The number of rotatable bonds is 6. The molecule has 1 spiro atoms. The Hall–Kier alpha value is -4.77. The van der Waals surface area contributed by atoms with E-state index in [-0.39, 0.29) is 67.0 Å². The van der Waals surface area contributed by atoms with Gasteiger partial charge in [0.05, 0.1) is 27.0 Å². The number of nitrogen functional groups attached to an aromatic ring is 1. The van der Waals surface area contributed by atoms with Crippen LogP contribution in [0.4, 0.5) is 24.5 Å². The molecule has 17 heteroatoms. The van der Waals surface area contributed by atoms with Gasteiger partial charge >= 0.3 is 12.0 Å². The maximum absolute atomic E-state index is 17.7. The standard InChI is InChI=1S/C38H41F2N11O3S/c1-20-4-2-11-49(36(53)50-19-42-18-43-50)38(20)10-13-47(16-38)32-26-29(45-35(46-32)54-17-37-9-3-12-48(37)25-14-21(25)15-37)27(40)30(51(33(26)52)22-5-6-22)23-7-8-24(39)31-28(23)44-34(41)55-31/h7-8,18-22,25H,2-6,9-17H2,1H3,(H2,41,44). The van der Waals surface area contributed by atoms with Gasteiger partial charge < -0.3 is 24.8 Å². The number of likely N-dealkylation sites (tertiary alicyclic amines) is 1. The number of halogens is 2. The number of benzene rings is 1. The molecular formula is C38H41F2N11O3S. The molecule has 4 aliphatic heterocycles. The van der Waals surface area contributed by atoms with Crippen LogP contribution < -0.4 is 20.9 Å². The molecule has 1 aromatic carbocycles. The predicted molar refractivity (Wildman–Crippen MR) is 201 cm³/mol. The second-order valence-electron chi connectivity index (χ2n) is 16.6. The lowest BCUT2D eigenvalue weighted by atomic mass is 9.77. The third-order valence-electron chi connectivity index (χ3n) is 13.6. The average molecular weight is 770 g/mol. The molecule has 4 saturated heterocycles. The topological polar surface area (TPSA) is 153 Å². The molecule has 2 aliphatic carbocycles. The molecule has 0 bridgehead atoms. The van der Waals surface area contributed by atoms with Crippen molar-refractivity contribution in [2.75, 3.05) is 43.4 Å². The van der Waals surface area contributed by atoms with Crippen LogP contribution in [0.3, 0.4) is 0 Å². The molecule has 6 aliphatic rings. The number of ether oxygens (including phenoxy) is 1. The lowest BCUT2D eigenvalue weighted by Crippen LogP contribution is -2.61. The Morgan fingerprint density at radius 2 is 1.95 bits per heavy atom. The first-order valence-corrected chi connectivity index (χ1v) is 20.3. The Balaban J connectivity index is 1.07. The summed E-state index contributed by atoms with van der Waals surface area (Å²) < 4.78 is 42.2. The highest BCUT2D eigenvalue weighted by Gasteiger charge is 2.61. The van der Waals surface area contributed by atoms with Gasteiger partial charge in [0.25, 0.3) is 5.56 Å². The van der Waals surface area contributed by atoms with Crippen molar-refractivity contribution >= 4 is 49.4 Å². The second kappa shape index (κ2) is 11.9. The Kier molecular flexibility index (Phi) is 7.24. The number of carbonyl (C=O) groups excluding carboxylic acids is 1. The van der Waals surface area contributed by atoms with E-state index in [2.05, 4.69) is 26.9 Å². The fourth-order valence-corrected chi connectivity index (χ4v) is 11.5. The lowest BCUT2D eigenvalue weighted by molar-refractivity contribution is 0.0474. The molecule has 14 nitrogen and oxygen atoms in total. The summed E-state index contributed by atoms with van der Waals surface area (Å²) in [6.07, 6.45) is 10.9. The molecule has 5 atom stereocenters. The van der Waals surface area contributed by atoms with Crippen LogP contribution in [-0.4, -0.2) is 100 Å². The maximum atomic E-state index is 17.7. The van der Waals surface area contributed by atoms with Crippen LogP contribution >= 0.6 is 11.3 Å². The summed E-state index contributed by atoms with van der Waals surface area (Å²) in [6, 6.07) is 2.83. The van der Waals surface area contributed by atoms with Gasteiger partial charge in [-0.2, -0.15) is 19.7 Å². The van der Waals surface area contributed by atoms with E-state index in [9.17, 15) is 4.79 Å². The molecule has 286 valence electrons. The zero-order chi connectivity index (χ0) is 37.4. The smallest absolute Gasteiger partial charge is 0.346 e. The van der Waals surface area contributed by atoms with Crippen LogP contribution in [0.25, 0.3) is 32.4 Å². The number of anilines is 2. The molecular weight excluding hydrogens is 729 g/mol. The Morgan fingerprint density at radius 1 is 1.07 bits per heavy atom. The number of aromatic nitrogens is 7. The van der Waals surface area contributed by atoms with E-state index < -0.39 is 22.7 Å². The first-order valence-electron chi connectivity index (χ1n) is 19.5. The minimum atomic E-state index is -0.722. The summed E-state index contributed by atoms with van der Waals surface area (Å²) in [5, 5.41) is 4.34. The Labute approximate surface area is 318 Å². The van der Waals surface area contributed by atoms with Crippen molar-refractivity contribution in [1.82, 2.24) is 44.1 Å². The highest BCUT2D eigenvalue weighted by atomic mass is 32.1. The zero-order valence-corrected chi connectivity index (χ0v) is 31.3. The number of pyridine rings is 1. The molecule has 55 heavy (non-hydrogen) atoms. The van der Waals surface area contributed by atoms with Gasteiger partial charge in [0.15, 0.2) is 10.9 Å². The van der Waals surface area contributed by atoms with Gasteiger partial charge in [0, 0.05) is 37.3 Å². The summed E-state index contributed by atoms with van der Waals surface area (Å²) in [5.74, 6) is -0.130. The number of fused-ring (bicyclic) bond motifs is 5. The molecule has 11 rings (SSSR count). The van der Waals surface area contributed by atoms with Gasteiger partial charge in [-0.25, -0.2) is 23.5 Å². The van der Waals surface area contributed by atoms with Crippen LogP contribution in [0.5, 0.6) is 6.01 Å². The number of carbonyl (C=O) groups is 1. The average Bonchev–Trinajstić information content (AvgIpc) is 3.75. The fraction of sp³-hybridized carbons (Fsp3) is 0.553. The molecule has 5 unspecified atom stereocenters. The number of nitrogens with two attached hydrogens (primary N) is 1. The summed E-state index contributed by atoms with van der Waals surface area (Å²) >= 11 is 0.982. The first-order chi connectivity index (χ1) is 26.7. The van der Waals surface area contributed by atoms with Crippen molar-refractivity contribution in [2.24, 2.45) is 11.8 Å². The van der Waals surface area contributed by atoms with Gasteiger partial charge in [0.1, 0.15) is 41.8 Å². The van der Waals surface area contributed by atoms with E-state index in [0.29, 0.717) is 63.3 Å². The fourth-order valence-electron chi connectivity index (χ4n) is 10.7. The third kappa shape index (κ3) is 4.93. The molecule has 2 saturated carbocycles. The molecule has 6 fully saturated rings. The van der Waals surface area contributed by atoms with E-state index >= 15 is 13.6 Å². The monoisotopic (exact) mass is 769 g/mol. The zero-order valence-electron chi connectivity index (χ0n) is 30.5. The van der Waals surface area contributed by atoms with Crippen LogP contribution in [-0.2, 0) is 0 Å². The number of thiazole rings is 1. The second-order valence-corrected chi connectivity index (χ2v) is 17.6. The van der Waals surface area contributed by atoms with E-state index in [1.165, 1.54) is 40.5 Å². The van der Waals surface area contributed by atoms with Crippen LogP contribution in [0.2, 0.25) is 0 Å². The molecule has 5 aromatic rings. The van der Waals surface area contributed by atoms with Gasteiger partial charge in [-0.05, 0) is 88.3 Å². The predicted octanol–water partition coefficient (Wildman–Crippen LogP) is 5.21. The maximum Gasteiger partial charge on any atom is 0.346 e. The molecule has 4 aromatic heterocycles. The van der Waals surface area contributed by atoms with Gasteiger partial charge in [-0.1, -0.05) is 18.3 Å². The van der Waals surface area contributed by atoms with Gasteiger partial charge in [-0.3, -0.25) is 9.69 Å². The Bertz CT molecular complexity index is 2470. The summed E-state index contributed by atoms with van der Waals surface area (Å²) in [7, 11) is 0. The van der Waals surface area contributed by atoms with Gasteiger partial charge in [0.2, 0.25) is 0 Å². The normalized spacial score (nSPS) is 28.8. The first kappa shape index (κ1) is 33.6. The van der Waals surface area contributed by atoms with Crippen LogP contribution in [0.1, 0.15) is 70.8 Å². The SMILES string of the molecule is CC1CCCN(C(=O)n2cncn2)C12CCN(c1nc(OCC34CCCN3C3CC3C4)nc3c(F)c(-c4ccc(F)c5sc(N)nc45)n(C4CC4)c(=O)c13)C2. The highest BCUT2D eigenvalue weighted by Crippen LogP contribution is 2.57. The van der Waals surface area contributed by atoms with E-state index in [4.69, 9.17) is 20.4 Å². The summed E-state index contributed by atoms with van der Waals surface area (Å²) in [5.41, 5.74) is 5.25. The number of nitrogens with zero attached hydrogens (tertiary/aromatic N) is 10. The number of hydrogen-bond donors (Lipinski definition) is 1. The van der Waals surface area contributed by atoms with Crippen molar-refractivity contribution in [3.8, 4) is 17.3 Å². The quantitative estimate of drug-likeness (QED) is 0.242. The Morgan fingerprint density at radius 3 is 2.76 bits per heavy atom. The summed E-state index contributed by atoms with van der Waals surface area (Å²) in [4.78, 5) is 53.5. The third-order valence-corrected chi connectivity index (χ3v) is 14.5. The van der Waals surface area contributed by atoms with Gasteiger partial charge in [-0.15, -0.1) is 0 Å². The van der Waals surface area contributed by atoms with E-state index in [0.717, 1.165) is 50.0 Å². The molecule has 0 radical (unpaired) electrons. The number of piperidine rings is 2. The van der Waals surface area contributed by atoms with Crippen molar-refractivity contribution in [2.45, 2.75) is 87.9 Å². The van der Waals surface area contributed by atoms with Crippen molar-refractivity contribution < 1.29 is 18.3 Å².